The molecular weight excluding hydrogens is 230 g/mol. The van der Waals surface area contributed by atoms with Gasteiger partial charge in [-0.15, -0.1) is 0 Å². The van der Waals surface area contributed by atoms with Gasteiger partial charge >= 0.3 is 0 Å². The quantitative estimate of drug-likeness (QED) is 0.893. The lowest BCUT2D eigenvalue weighted by Crippen LogP contribution is -2.25. The standard InChI is InChI=1S/C14H21NOS/c1-16-13-6-2-4-11(8-13)14(9-15)12-5-3-7-17-10-12/h2,4,6,8,12,14H,3,5,7,9-10,15H2,1H3. The average Bonchev–Trinajstić information content (AvgIpc) is 2.41. The van der Waals surface area contributed by atoms with Gasteiger partial charge in [-0.05, 0) is 60.4 Å². The highest BCUT2D eigenvalue weighted by atomic mass is 32.2. The summed E-state index contributed by atoms with van der Waals surface area (Å²) in [5.41, 5.74) is 7.31. The van der Waals surface area contributed by atoms with Crippen LogP contribution in [0.4, 0.5) is 0 Å². The van der Waals surface area contributed by atoms with Crippen molar-refractivity contribution in [3.63, 3.8) is 0 Å². The first-order chi connectivity index (χ1) is 8.35. The number of rotatable bonds is 4. The van der Waals surface area contributed by atoms with Crippen molar-refractivity contribution in [2.75, 3.05) is 25.2 Å². The predicted octanol–water partition coefficient (Wildman–Crippen LogP) is 2.88. The van der Waals surface area contributed by atoms with E-state index in [2.05, 4.69) is 30.0 Å². The fraction of sp³-hybridized carbons (Fsp3) is 0.571. The molecule has 2 unspecified atom stereocenters. The highest BCUT2D eigenvalue weighted by Crippen LogP contribution is 2.35. The van der Waals surface area contributed by atoms with Crippen LogP contribution < -0.4 is 10.5 Å². The van der Waals surface area contributed by atoms with Gasteiger partial charge in [-0.25, -0.2) is 0 Å². The van der Waals surface area contributed by atoms with E-state index in [9.17, 15) is 0 Å². The third kappa shape index (κ3) is 3.17. The minimum absolute atomic E-state index is 0.484. The van der Waals surface area contributed by atoms with Crippen LogP contribution in [0.2, 0.25) is 0 Å². The summed E-state index contributed by atoms with van der Waals surface area (Å²) in [6.07, 6.45) is 2.64. The molecule has 0 aliphatic carbocycles. The van der Waals surface area contributed by atoms with E-state index < -0.39 is 0 Å². The summed E-state index contributed by atoms with van der Waals surface area (Å²) in [6.45, 7) is 0.735. The smallest absolute Gasteiger partial charge is 0.119 e. The number of methoxy groups -OCH3 is 1. The molecule has 17 heavy (non-hydrogen) atoms. The maximum absolute atomic E-state index is 5.98. The first-order valence-corrected chi connectivity index (χ1v) is 7.42. The van der Waals surface area contributed by atoms with Crippen molar-refractivity contribution in [1.82, 2.24) is 0 Å². The minimum atomic E-state index is 0.484. The molecule has 1 saturated heterocycles. The first-order valence-electron chi connectivity index (χ1n) is 6.27. The summed E-state index contributed by atoms with van der Waals surface area (Å²) in [5.74, 6) is 4.71. The summed E-state index contributed by atoms with van der Waals surface area (Å²) in [7, 11) is 1.72. The number of ether oxygens (including phenoxy) is 1. The summed E-state index contributed by atoms with van der Waals surface area (Å²) in [4.78, 5) is 0. The van der Waals surface area contributed by atoms with Crippen molar-refractivity contribution >= 4 is 11.8 Å². The number of hydrogen-bond donors (Lipinski definition) is 1. The van der Waals surface area contributed by atoms with Crippen LogP contribution >= 0.6 is 11.8 Å². The molecule has 1 aromatic carbocycles. The van der Waals surface area contributed by atoms with Gasteiger partial charge in [0, 0.05) is 0 Å². The van der Waals surface area contributed by atoms with Crippen molar-refractivity contribution < 1.29 is 4.74 Å². The van der Waals surface area contributed by atoms with Gasteiger partial charge in [-0.1, -0.05) is 12.1 Å². The minimum Gasteiger partial charge on any atom is -0.497 e. The van der Waals surface area contributed by atoms with E-state index in [1.165, 1.54) is 29.9 Å². The van der Waals surface area contributed by atoms with Gasteiger partial charge in [0.2, 0.25) is 0 Å². The van der Waals surface area contributed by atoms with Crippen LogP contribution in [0.25, 0.3) is 0 Å². The SMILES string of the molecule is COc1cccc(C(CN)C2CCCSC2)c1. The first kappa shape index (κ1) is 12.8. The van der Waals surface area contributed by atoms with E-state index in [0.29, 0.717) is 5.92 Å². The number of benzene rings is 1. The molecule has 0 bridgehead atoms. The monoisotopic (exact) mass is 251 g/mol. The molecule has 2 atom stereocenters. The Morgan fingerprint density at radius 3 is 3.06 bits per heavy atom. The zero-order valence-electron chi connectivity index (χ0n) is 10.4. The maximum Gasteiger partial charge on any atom is 0.119 e. The fourth-order valence-corrected chi connectivity index (χ4v) is 3.79. The van der Waals surface area contributed by atoms with Gasteiger partial charge in [-0.3, -0.25) is 0 Å². The lowest BCUT2D eigenvalue weighted by molar-refractivity contribution is 0.407. The second-order valence-electron chi connectivity index (χ2n) is 4.60. The summed E-state index contributed by atoms with van der Waals surface area (Å²) >= 11 is 2.06. The number of nitrogens with two attached hydrogens (primary N) is 1. The summed E-state index contributed by atoms with van der Waals surface area (Å²) in [5, 5.41) is 0. The van der Waals surface area contributed by atoms with E-state index in [0.717, 1.165) is 18.2 Å². The van der Waals surface area contributed by atoms with E-state index in [-0.39, 0.29) is 0 Å². The molecule has 2 rings (SSSR count). The van der Waals surface area contributed by atoms with Crippen LogP contribution in [-0.2, 0) is 0 Å². The molecule has 1 aliphatic rings. The van der Waals surface area contributed by atoms with Crippen molar-refractivity contribution in [1.29, 1.82) is 0 Å². The van der Waals surface area contributed by atoms with E-state index >= 15 is 0 Å². The Balaban J connectivity index is 2.15. The molecule has 1 fully saturated rings. The molecule has 1 aliphatic heterocycles. The summed E-state index contributed by atoms with van der Waals surface area (Å²) in [6, 6.07) is 8.37. The van der Waals surface area contributed by atoms with Crippen LogP contribution in [0.15, 0.2) is 24.3 Å². The maximum atomic E-state index is 5.98. The topological polar surface area (TPSA) is 35.2 Å². The fourth-order valence-electron chi connectivity index (χ4n) is 2.56. The Morgan fingerprint density at radius 2 is 2.41 bits per heavy atom. The summed E-state index contributed by atoms with van der Waals surface area (Å²) < 4.78 is 5.29. The van der Waals surface area contributed by atoms with E-state index in [1.807, 2.05) is 6.07 Å². The Bertz CT molecular complexity index is 350. The van der Waals surface area contributed by atoms with Gasteiger partial charge in [-0.2, -0.15) is 11.8 Å². The third-order valence-electron chi connectivity index (χ3n) is 3.54. The molecule has 0 aromatic heterocycles. The van der Waals surface area contributed by atoms with Crippen LogP contribution in [0.3, 0.4) is 0 Å². The lowest BCUT2D eigenvalue weighted by Gasteiger charge is -2.29. The molecule has 0 amide bonds. The van der Waals surface area contributed by atoms with Gasteiger partial charge in [0.25, 0.3) is 0 Å². The molecule has 2 nitrogen and oxygen atoms in total. The Hall–Kier alpha value is -0.670. The molecule has 0 radical (unpaired) electrons. The van der Waals surface area contributed by atoms with Crippen LogP contribution in [0.1, 0.15) is 24.3 Å². The average molecular weight is 251 g/mol. The van der Waals surface area contributed by atoms with Crippen molar-refractivity contribution in [2.24, 2.45) is 11.7 Å². The molecule has 3 heteroatoms. The van der Waals surface area contributed by atoms with Gasteiger partial charge in [0.05, 0.1) is 7.11 Å². The lowest BCUT2D eigenvalue weighted by atomic mass is 9.84. The van der Waals surface area contributed by atoms with Crippen LogP contribution in [0.5, 0.6) is 5.75 Å². The zero-order chi connectivity index (χ0) is 12.1. The molecule has 1 heterocycles. The normalized spacial score (nSPS) is 22.1. The molecule has 0 spiro atoms. The van der Waals surface area contributed by atoms with Gasteiger partial charge < -0.3 is 10.5 Å². The van der Waals surface area contributed by atoms with Gasteiger partial charge in [0.1, 0.15) is 5.75 Å². The van der Waals surface area contributed by atoms with E-state index in [1.54, 1.807) is 7.11 Å². The van der Waals surface area contributed by atoms with Crippen LogP contribution in [0, 0.1) is 5.92 Å². The van der Waals surface area contributed by atoms with E-state index in [4.69, 9.17) is 10.5 Å². The molecule has 0 saturated carbocycles. The second-order valence-corrected chi connectivity index (χ2v) is 5.75. The van der Waals surface area contributed by atoms with Crippen LogP contribution in [-0.4, -0.2) is 25.2 Å². The highest BCUT2D eigenvalue weighted by Gasteiger charge is 2.24. The van der Waals surface area contributed by atoms with Gasteiger partial charge in [0.15, 0.2) is 0 Å². The molecule has 94 valence electrons. The second kappa shape index (κ2) is 6.31. The van der Waals surface area contributed by atoms with Crippen molar-refractivity contribution in [3.8, 4) is 5.75 Å². The Morgan fingerprint density at radius 1 is 1.53 bits per heavy atom. The third-order valence-corrected chi connectivity index (χ3v) is 4.78. The Kier molecular flexibility index (Phi) is 4.75. The number of hydrogen-bond acceptors (Lipinski definition) is 3. The zero-order valence-corrected chi connectivity index (χ0v) is 11.2. The molecule has 2 N–H and O–H groups in total. The largest absolute Gasteiger partial charge is 0.497 e. The van der Waals surface area contributed by atoms with Crippen molar-refractivity contribution in [3.05, 3.63) is 29.8 Å². The van der Waals surface area contributed by atoms with Crippen molar-refractivity contribution in [2.45, 2.75) is 18.8 Å². The Labute approximate surface area is 108 Å². The predicted molar refractivity (Wildman–Crippen MR) is 74.8 cm³/mol. The highest BCUT2D eigenvalue weighted by molar-refractivity contribution is 7.99. The number of thioether (sulfide) groups is 1. The molecular formula is C14H21NOS. The molecule has 1 aromatic rings.